The highest BCUT2D eigenvalue weighted by Crippen LogP contribution is 2.29. The van der Waals surface area contributed by atoms with Gasteiger partial charge in [-0.3, -0.25) is 4.79 Å². The van der Waals surface area contributed by atoms with Gasteiger partial charge in [-0.2, -0.15) is 13.2 Å². The van der Waals surface area contributed by atoms with Crippen LogP contribution in [0, 0.1) is 5.92 Å². The van der Waals surface area contributed by atoms with Crippen LogP contribution in [0.15, 0.2) is 24.3 Å². The standard InChI is InChI=1S/C13H15ClF3NO/c1-8(2)11(14)7-18-12(19)9-3-5-10(6-4-9)13(15,16)17/h3-6,8,11H,7H2,1-2H3,(H,18,19). The predicted octanol–water partition coefficient (Wildman–Crippen LogP) is 3.70. The molecule has 0 aliphatic carbocycles. The second-order valence-corrected chi connectivity index (χ2v) is 5.11. The zero-order chi connectivity index (χ0) is 14.6. The van der Waals surface area contributed by atoms with Crippen molar-refractivity contribution in [2.24, 2.45) is 5.92 Å². The van der Waals surface area contributed by atoms with E-state index >= 15 is 0 Å². The van der Waals surface area contributed by atoms with Crippen LogP contribution in [-0.4, -0.2) is 17.8 Å². The maximum Gasteiger partial charge on any atom is 0.416 e. The fourth-order valence-electron chi connectivity index (χ4n) is 1.34. The summed E-state index contributed by atoms with van der Waals surface area (Å²) in [6, 6.07) is 4.07. The van der Waals surface area contributed by atoms with Gasteiger partial charge in [0, 0.05) is 12.1 Å². The van der Waals surface area contributed by atoms with Crippen LogP contribution in [-0.2, 0) is 6.18 Å². The van der Waals surface area contributed by atoms with Gasteiger partial charge in [-0.1, -0.05) is 13.8 Å². The van der Waals surface area contributed by atoms with Crippen LogP contribution in [0.5, 0.6) is 0 Å². The molecule has 1 N–H and O–H groups in total. The molecule has 1 aromatic rings. The maximum absolute atomic E-state index is 12.3. The van der Waals surface area contributed by atoms with Crippen LogP contribution < -0.4 is 5.32 Å². The summed E-state index contributed by atoms with van der Waals surface area (Å²) in [6.07, 6.45) is -4.39. The number of hydrogen-bond acceptors (Lipinski definition) is 1. The van der Waals surface area contributed by atoms with E-state index in [1.807, 2.05) is 13.8 Å². The molecule has 0 bridgehead atoms. The molecule has 0 saturated heterocycles. The molecule has 1 unspecified atom stereocenters. The summed E-state index contributed by atoms with van der Waals surface area (Å²) in [4.78, 5) is 11.7. The number of amides is 1. The van der Waals surface area contributed by atoms with Gasteiger partial charge < -0.3 is 5.32 Å². The van der Waals surface area contributed by atoms with Crippen molar-refractivity contribution in [1.82, 2.24) is 5.32 Å². The third-order valence-corrected chi connectivity index (χ3v) is 3.31. The van der Waals surface area contributed by atoms with E-state index in [2.05, 4.69) is 5.32 Å². The van der Waals surface area contributed by atoms with Crippen molar-refractivity contribution in [3.8, 4) is 0 Å². The van der Waals surface area contributed by atoms with Crippen LogP contribution in [0.25, 0.3) is 0 Å². The summed E-state index contributed by atoms with van der Waals surface area (Å²) in [5, 5.41) is 2.38. The molecule has 2 nitrogen and oxygen atoms in total. The van der Waals surface area contributed by atoms with E-state index in [0.29, 0.717) is 0 Å². The van der Waals surface area contributed by atoms with Gasteiger partial charge in [-0.05, 0) is 30.2 Å². The molecular formula is C13H15ClF3NO. The number of carbonyl (C=O) groups is 1. The van der Waals surface area contributed by atoms with Crippen LogP contribution in [0.3, 0.4) is 0 Å². The van der Waals surface area contributed by atoms with Gasteiger partial charge in [-0.25, -0.2) is 0 Å². The lowest BCUT2D eigenvalue weighted by Crippen LogP contribution is -2.31. The van der Waals surface area contributed by atoms with Crippen molar-refractivity contribution in [2.75, 3.05) is 6.54 Å². The van der Waals surface area contributed by atoms with Gasteiger partial charge in [0.15, 0.2) is 0 Å². The van der Waals surface area contributed by atoms with E-state index in [4.69, 9.17) is 11.6 Å². The molecule has 1 amide bonds. The molecule has 0 spiro atoms. The molecule has 0 aromatic heterocycles. The first kappa shape index (κ1) is 15.8. The molecule has 0 aliphatic heterocycles. The number of benzene rings is 1. The first-order chi connectivity index (χ1) is 8.71. The Hall–Kier alpha value is -1.23. The highest BCUT2D eigenvalue weighted by Gasteiger charge is 2.30. The highest BCUT2D eigenvalue weighted by molar-refractivity contribution is 6.21. The van der Waals surface area contributed by atoms with E-state index in [-0.39, 0.29) is 23.4 Å². The molecule has 1 rings (SSSR count). The van der Waals surface area contributed by atoms with E-state index in [9.17, 15) is 18.0 Å². The number of carbonyl (C=O) groups excluding carboxylic acids is 1. The molecule has 0 heterocycles. The van der Waals surface area contributed by atoms with Crippen LogP contribution >= 0.6 is 11.6 Å². The van der Waals surface area contributed by atoms with Crippen molar-refractivity contribution in [2.45, 2.75) is 25.4 Å². The zero-order valence-electron chi connectivity index (χ0n) is 10.6. The molecule has 1 aromatic carbocycles. The summed E-state index contributed by atoms with van der Waals surface area (Å²) in [7, 11) is 0. The Balaban J connectivity index is 2.64. The summed E-state index contributed by atoms with van der Waals surface area (Å²) < 4.78 is 37.0. The Labute approximate surface area is 114 Å². The molecule has 0 aliphatic rings. The minimum atomic E-state index is -4.39. The summed E-state index contributed by atoms with van der Waals surface area (Å²) in [6.45, 7) is 4.11. The number of alkyl halides is 4. The van der Waals surface area contributed by atoms with Crippen molar-refractivity contribution in [1.29, 1.82) is 0 Å². The summed E-state index contributed by atoms with van der Waals surface area (Å²) >= 11 is 5.97. The zero-order valence-corrected chi connectivity index (χ0v) is 11.3. The lowest BCUT2D eigenvalue weighted by molar-refractivity contribution is -0.137. The molecule has 19 heavy (non-hydrogen) atoms. The molecule has 0 radical (unpaired) electrons. The second kappa shape index (κ2) is 6.28. The Morgan fingerprint density at radius 2 is 1.79 bits per heavy atom. The number of nitrogens with one attached hydrogen (secondary N) is 1. The van der Waals surface area contributed by atoms with Crippen molar-refractivity contribution in [3.05, 3.63) is 35.4 Å². The van der Waals surface area contributed by atoms with Gasteiger partial charge >= 0.3 is 6.18 Å². The molecule has 0 saturated carbocycles. The van der Waals surface area contributed by atoms with E-state index < -0.39 is 17.6 Å². The lowest BCUT2D eigenvalue weighted by Gasteiger charge is -2.14. The van der Waals surface area contributed by atoms with Crippen molar-refractivity contribution < 1.29 is 18.0 Å². The molecule has 6 heteroatoms. The average molecular weight is 294 g/mol. The van der Waals surface area contributed by atoms with E-state index in [0.717, 1.165) is 24.3 Å². The normalized spacial score (nSPS) is 13.4. The molecule has 1 atom stereocenters. The summed E-state index contributed by atoms with van der Waals surface area (Å²) in [5.74, 6) is -0.227. The van der Waals surface area contributed by atoms with Crippen LogP contribution in [0.2, 0.25) is 0 Å². The fraction of sp³-hybridized carbons (Fsp3) is 0.462. The largest absolute Gasteiger partial charge is 0.416 e. The van der Waals surface area contributed by atoms with E-state index in [1.54, 1.807) is 0 Å². The van der Waals surface area contributed by atoms with Gasteiger partial charge in [0.1, 0.15) is 0 Å². The number of halogens is 4. The Morgan fingerprint density at radius 3 is 2.21 bits per heavy atom. The number of rotatable bonds is 4. The Morgan fingerprint density at radius 1 is 1.26 bits per heavy atom. The van der Waals surface area contributed by atoms with Gasteiger partial charge in [-0.15, -0.1) is 11.6 Å². The van der Waals surface area contributed by atoms with E-state index in [1.165, 1.54) is 0 Å². The molecular weight excluding hydrogens is 279 g/mol. The Bertz CT molecular complexity index is 429. The monoisotopic (exact) mass is 293 g/mol. The molecule has 106 valence electrons. The third kappa shape index (κ3) is 4.74. The first-order valence-electron chi connectivity index (χ1n) is 5.81. The second-order valence-electron chi connectivity index (χ2n) is 4.55. The van der Waals surface area contributed by atoms with Gasteiger partial charge in [0.25, 0.3) is 5.91 Å². The van der Waals surface area contributed by atoms with Crippen molar-refractivity contribution in [3.63, 3.8) is 0 Å². The predicted molar refractivity (Wildman–Crippen MR) is 68.3 cm³/mol. The van der Waals surface area contributed by atoms with Crippen molar-refractivity contribution >= 4 is 17.5 Å². The smallest absolute Gasteiger partial charge is 0.351 e. The highest BCUT2D eigenvalue weighted by atomic mass is 35.5. The summed E-state index contributed by atoms with van der Waals surface area (Å²) in [5.41, 5.74) is -0.595. The Kier molecular flexibility index (Phi) is 5.23. The van der Waals surface area contributed by atoms with Gasteiger partial charge in [0.05, 0.1) is 10.9 Å². The quantitative estimate of drug-likeness (QED) is 0.843. The SMILES string of the molecule is CC(C)C(Cl)CNC(=O)c1ccc(C(F)(F)F)cc1. The topological polar surface area (TPSA) is 29.1 Å². The number of hydrogen-bond donors (Lipinski definition) is 1. The van der Waals surface area contributed by atoms with Gasteiger partial charge in [0.2, 0.25) is 0 Å². The van der Waals surface area contributed by atoms with Crippen LogP contribution in [0.1, 0.15) is 29.8 Å². The average Bonchev–Trinajstić information content (AvgIpc) is 2.34. The first-order valence-corrected chi connectivity index (χ1v) is 6.25. The molecule has 0 fully saturated rings. The third-order valence-electron chi connectivity index (χ3n) is 2.66. The lowest BCUT2D eigenvalue weighted by atomic mass is 10.1. The van der Waals surface area contributed by atoms with Crippen LogP contribution in [0.4, 0.5) is 13.2 Å². The maximum atomic E-state index is 12.3. The minimum absolute atomic E-state index is 0.181. The fourth-order valence-corrected chi connectivity index (χ4v) is 1.42. The minimum Gasteiger partial charge on any atom is -0.351 e.